The van der Waals surface area contributed by atoms with E-state index in [9.17, 15) is 0 Å². The maximum Gasteiger partial charge on any atom is 0.137 e. The van der Waals surface area contributed by atoms with Gasteiger partial charge in [-0.3, -0.25) is 0 Å². The summed E-state index contributed by atoms with van der Waals surface area (Å²) in [4.78, 5) is 8.54. The molecule has 0 unspecified atom stereocenters. The summed E-state index contributed by atoms with van der Waals surface area (Å²) in [5.74, 6) is 0.892. The van der Waals surface area contributed by atoms with Gasteiger partial charge in [-0.15, -0.1) is 0 Å². The van der Waals surface area contributed by atoms with Crippen LogP contribution in [-0.4, -0.2) is 16.0 Å². The Hall–Kier alpha value is -1.84. The second kappa shape index (κ2) is 4.99. The average molecular weight is 230 g/mol. The summed E-state index contributed by atoms with van der Waals surface area (Å²) >= 11 is 0. The van der Waals surface area contributed by atoms with Crippen LogP contribution in [0.2, 0.25) is 0 Å². The predicted octanol–water partition coefficient (Wildman–Crippen LogP) is 2.81. The average Bonchev–Trinajstić information content (AvgIpc) is 2.35. The van der Waals surface area contributed by atoms with Crippen LogP contribution in [0.3, 0.4) is 0 Å². The van der Waals surface area contributed by atoms with Crippen LogP contribution in [0.25, 0.3) is 10.9 Å². The van der Waals surface area contributed by atoms with E-state index in [0.717, 1.165) is 35.2 Å². The number of rotatable bonds is 4. The van der Waals surface area contributed by atoms with Gasteiger partial charge in [0.05, 0.1) is 5.52 Å². The highest BCUT2D eigenvalue weighted by Crippen LogP contribution is 2.22. The first-order valence-electron chi connectivity index (χ1n) is 6.01. The van der Waals surface area contributed by atoms with Crippen LogP contribution >= 0.6 is 0 Å². The van der Waals surface area contributed by atoms with Gasteiger partial charge in [0.25, 0.3) is 0 Å². The second-order valence-corrected chi connectivity index (χ2v) is 4.16. The minimum Gasteiger partial charge on any atom is -0.399 e. The quantitative estimate of drug-likeness (QED) is 0.793. The van der Waals surface area contributed by atoms with Gasteiger partial charge in [0.15, 0.2) is 0 Å². The molecule has 0 saturated carbocycles. The lowest BCUT2D eigenvalue weighted by Gasteiger charge is -2.16. The molecule has 3 N–H and O–H groups in total. The van der Waals surface area contributed by atoms with E-state index >= 15 is 0 Å². The van der Waals surface area contributed by atoms with Gasteiger partial charge in [0, 0.05) is 17.1 Å². The lowest BCUT2D eigenvalue weighted by molar-refractivity contribution is 0.669. The van der Waals surface area contributed by atoms with E-state index < -0.39 is 0 Å². The largest absolute Gasteiger partial charge is 0.399 e. The molecule has 90 valence electrons. The highest BCUT2D eigenvalue weighted by Gasteiger charge is 2.08. The third-order valence-corrected chi connectivity index (χ3v) is 2.99. The Morgan fingerprint density at radius 1 is 1.24 bits per heavy atom. The lowest BCUT2D eigenvalue weighted by Crippen LogP contribution is -2.18. The summed E-state index contributed by atoms with van der Waals surface area (Å²) in [6.07, 6.45) is 3.74. The Morgan fingerprint density at radius 3 is 2.71 bits per heavy atom. The monoisotopic (exact) mass is 230 g/mol. The van der Waals surface area contributed by atoms with Gasteiger partial charge in [-0.25, -0.2) is 9.97 Å². The highest BCUT2D eigenvalue weighted by molar-refractivity contribution is 5.90. The number of nitrogens with zero attached hydrogens (tertiary/aromatic N) is 2. The molecule has 2 rings (SSSR count). The van der Waals surface area contributed by atoms with Crippen LogP contribution in [0.4, 0.5) is 11.5 Å². The van der Waals surface area contributed by atoms with Crippen molar-refractivity contribution in [2.24, 2.45) is 0 Å². The molecule has 0 saturated heterocycles. The van der Waals surface area contributed by atoms with Crippen molar-refractivity contribution in [3.05, 3.63) is 24.5 Å². The Bertz CT molecular complexity index is 506. The zero-order chi connectivity index (χ0) is 12.3. The molecule has 0 amide bonds. The van der Waals surface area contributed by atoms with E-state index in [0.29, 0.717) is 6.04 Å². The minimum absolute atomic E-state index is 0.450. The Morgan fingerprint density at radius 2 is 2.00 bits per heavy atom. The number of fused-ring (bicyclic) bond motifs is 1. The third kappa shape index (κ3) is 2.46. The van der Waals surface area contributed by atoms with Gasteiger partial charge in [-0.1, -0.05) is 13.8 Å². The van der Waals surface area contributed by atoms with Crippen LogP contribution < -0.4 is 11.1 Å². The topological polar surface area (TPSA) is 63.8 Å². The molecule has 4 heteroatoms. The number of anilines is 2. The molecule has 17 heavy (non-hydrogen) atoms. The molecule has 0 bridgehead atoms. The highest BCUT2D eigenvalue weighted by atomic mass is 15.0. The van der Waals surface area contributed by atoms with E-state index in [-0.39, 0.29) is 0 Å². The third-order valence-electron chi connectivity index (χ3n) is 2.99. The molecule has 2 aromatic rings. The number of hydrogen-bond donors (Lipinski definition) is 2. The molecule has 0 atom stereocenters. The molecule has 1 heterocycles. The van der Waals surface area contributed by atoms with Crippen LogP contribution in [0.1, 0.15) is 26.7 Å². The van der Waals surface area contributed by atoms with Crippen molar-refractivity contribution in [2.45, 2.75) is 32.7 Å². The fraction of sp³-hybridized carbons (Fsp3) is 0.385. The zero-order valence-corrected chi connectivity index (χ0v) is 10.3. The molecule has 0 radical (unpaired) electrons. The van der Waals surface area contributed by atoms with Crippen molar-refractivity contribution in [2.75, 3.05) is 11.1 Å². The fourth-order valence-corrected chi connectivity index (χ4v) is 1.88. The molecule has 0 spiro atoms. The van der Waals surface area contributed by atoms with Crippen molar-refractivity contribution >= 4 is 22.4 Å². The molecule has 0 aliphatic heterocycles. The molecule has 0 fully saturated rings. The maximum atomic E-state index is 5.75. The van der Waals surface area contributed by atoms with E-state index in [1.165, 1.54) is 0 Å². The molecule has 1 aromatic heterocycles. The van der Waals surface area contributed by atoms with Crippen molar-refractivity contribution in [1.29, 1.82) is 0 Å². The Balaban J connectivity index is 2.40. The first kappa shape index (κ1) is 11.6. The first-order chi connectivity index (χ1) is 8.24. The van der Waals surface area contributed by atoms with Crippen LogP contribution in [0, 0.1) is 0 Å². The second-order valence-electron chi connectivity index (χ2n) is 4.16. The summed E-state index contributed by atoms with van der Waals surface area (Å²) in [5.41, 5.74) is 7.36. The van der Waals surface area contributed by atoms with E-state index in [4.69, 9.17) is 5.73 Å². The van der Waals surface area contributed by atoms with Crippen LogP contribution in [0.5, 0.6) is 0 Å². The Labute approximate surface area is 101 Å². The molecular formula is C13H18N4. The summed E-state index contributed by atoms with van der Waals surface area (Å²) in [6.45, 7) is 4.34. The number of hydrogen-bond acceptors (Lipinski definition) is 4. The van der Waals surface area contributed by atoms with Crippen LogP contribution in [-0.2, 0) is 0 Å². The number of aromatic nitrogens is 2. The number of benzene rings is 1. The SMILES string of the molecule is CCC(CC)Nc1ncnc2cc(N)ccc12. The molecule has 0 aliphatic carbocycles. The summed E-state index contributed by atoms with van der Waals surface area (Å²) in [5, 5.41) is 4.47. The summed E-state index contributed by atoms with van der Waals surface area (Å²) in [6, 6.07) is 6.17. The Kier molecular flexibility index (Phi) is 3.42. The molecule has 1 aromatic carbocycles. The van der Waals surface area contributed by atoms with E-state index in [1.807, 2.05) is 18.2 Å². The number of nitrogens with one attached hydrogen (secondary N) is 1. The van der Waals surface area contributed by atoms with Crippen molar-refractivity contribution in [3.8, 4) is 0 Å². The zero-order valence-electron chi connectivity index (χ0n) is 10.3. The fourth-order valence-electron chi connectivity index (χ4n) is 1.88. The van der Waals surface area contributed by atoms with Gasteiger partial charge >= 0.3 is 0 Å². The smallest absolute Gasteiger partial charge is 0.137 e. The molecular weight excluding hydrogens is 212 g/mol. The minimum atomic E-state index is 0.450. The summed E-state index contributed by atoms with van der Waals surface area (Å²) < 4.78 is 0. The first-order valence-corrected chi connectivity index (χ1v) is 6.01. The van der Waals surface area contributed by atoms with Crippen molar-refractivity contribution in [3.63, 3.8) is 0 Å². The van der Waals surface area contributed by atoms with Crippen molar-refractivity contribution < 1.29 is 0 Å². The van der Waals surface area contributed by atoms with E-state index in [1.54, 1.807) is 6.33 Å². The van der Waals surface area contributed by atoms with Gasteiger partial charge < -0.3 is 11.1 Å². The normalized spacial score (nSPS) is 11.0. The standard InChI is InChI=1S/C13H18N4/c1-3-10(4-2)17-13-11-6-5-9(14)7-12(11)15-8-16-13/h5-8,10H,3-4,14H2,1-2H3,(H,15,16,17). The number of nitrogens with two attached hydrogens (primary N) is 1. The van der Waals surface area contributed by atoms with Gasteiger partial charge in [0.2, 0.25) is 0 Å². The van der Waals surface area contributed by atoms with Gasteiger partial charge in [-0.05, 0) is 31.0 Å². The van der Waals surface area contributed by atoms with Crippen molar-refractivity contribution in [1.82, 2.24) is 9.97 Å². The number of nitrogen functional groups attached to an aromatic ring is 1. The lowest BCUT2D eigenvalue weighted by atomic mass is 10.1. The summed E-state index contributed by atoms with van der Waals surface area (Å²) in [7, 11) is 0. The predicted molar refractivity (Wildman–Crippen MR) is 71.9 cm³/mol. The maximum absolute atomic E-state index is 5.75. The van der Waals surface area contributed by atoms with Gasteiger partial charge in [-0.2, -0.15) is 0 Å². The van der Waals surface area contributed by atoms with Crippen LogP contribution in [0.15, 0.2) is 24.5 Å². The molecule has 4 nitrogen and oxygen atoms in total. The van der Waals surface area contributed by atoms with E-state index in [2.05, 4.69) is 29.1 Å². The van der Waals surface area contributed by atoms with Gasteiger partial charge in [0.1, 0.15) is 12.1 Å². The molecule has 0 aliphatic rings.